The Morgan fingerprint density at radius 1 is 1.16 bits per heavy atom. The van der Waals surface area contributed by atoms with Crippen molar-refractivity contribution in [2.24, 2.45) is 0 Å². The summed E-state index contributed by atoms with van der Waals surface area (Å²) in [7, 11) is 0. The lowest BCUT2D eigenvalue weighted by Crippen LogP contribution is -2.51. The molecule has 168 valence electrons. The lowest BCUT2D eigenvalue weighted by atomic mass is 9.79. The lowest BCUT2D eigenvalue weighted by molar-refractivity contribution is -0.123. The van der Waals surface area contributed by atoms with E-state index in [-0.39, 0.29) is 23.2 Å². The molecule has 0 spiro atoms. The van der Waals surface area contributed by atoms with Gasteiger partial charge in [0.1, 0.15) is 0 Å². The van der Waals surface area contributed by atoms with Gasteiger partial charge in [-0.05, 0) is 98.8 Å². The molecule has 2 aliphatic rings. The molecule has 2 aromatic carbocycles. The Kier molecular flexibility index (Phi) is 6.29. The molecule has 4 rings (SSSR count). The van der Waals surface area contributed by atoms with Crippen molar-refractivity contribution >= 4 is 50.6 Å². The van der Waals surface area contributed by atoms with Crippen LogP contribution in [0.5, 0.6) is 0 Å². The van der Waals surface area contributed by atoms with Crippen LogP contribution in [0.2, 0.25) is 0 Å². The van der Waals surface area contributed by atoms with Crippen LogP contribution in [-0.4, -0.2) is 27.6 Å². The number of rotatable bonds is 4. The molecule has 0 aliphatic carbocycles. The smallest absolute Gasteiger partial charge is 0.293 e. The van der Waals surface area contributed by atoms with Gasteiger partial charge in [0.25, 0.3) is 11.1 Å². The van der Waals surface area contributed by atoms with Crippen LogP contribution >= 0.6 is 27.7 Å². The number of halogens is 1. The molecule has 1 atom stereocenters. The number of amides is 2. The van der Waals surface area contributed by atoms with Crippen LogP contribution in [0.3, 0.4) is 0 Å². The van der Waals surface area contributed by atoms with Crippen molar-refractivity contribution in [1.82, 2.24) is 4.90 Å². The highest BCUT2D eigenvalue weighted by atomic mass is 79.9. The number of carbonyl (C=O) groups is 2. The Hall–Kier alpha value is -2.05. The van der Waals surface area contributed by atoms with Crippen molar-refractivity contribution in [2.75, 3.05) is 4.90 Å². The first-order chi connectivity index (χ1) is 15.1. The Morgan fingerprint density at radius 2 is 1.84 bits per heavy atom. The normalized spacial score (nSPS) is 21.6. The SMILES string of the molecule is CC(C)N1c2ccc(/C=C3\SC(=O)N(Cc4ccc(Br)cc4)C3=O)cc2[C@@H](C)CC1(C)C. The highest BCUT2D eigenvalue weighted by molar-refractivity contribution is 9.10. The van der Waals surface area contributed by atoms with Crippen molar-refractivity contribution in [1.29, 1.82) is 0 Å². The van der Waals surface area contributed by atoms with Crippen molar-refractivity contribution < 1.29 is 9.59 Å². The van der Waals surface area contributed by atoms with Crippen molar-refractivity contribution in [3.63, 3.8) is 0 Å². The van der Waals surface area contributed by atoms with Gasteiger partial charge in [0.15, 0.2) is 0 Å². The second-order valence-corrected chi connectivity index (χ2v) is 11.5. The average molecular weight is 514 g/mol. The van der Waals surface area contributed by atoms with E-state index in [0.717, 1.165) is 33.8 Å². The number of fused-ring (bicyclic) bond motifs is 1. The van der Waals surface area contributed by atoms with Gasteiger partial charge in [0.05, 0.1) is 11.4 Å². The van der Waals surface area contributed by atoms with Gasteiger partial charge < -0.3 is 4.90 Å². The fourth-order valence-electron chi connectivity index (χ4n) is 5.10. The van der Waals surface area contributed by atoms with E-state index in [4.69, 9.17) is 0 Å². The summed E-state index contributed by atoms with van der Waals surface area (Å²) in [5, 5.41) is -0.219. The second-order valence-electron chi connectivity index (χ2n) is 9.59. The fraction of sp³-hybridized carbons (Fsp3) is 0.385. The number of nitrogens with zero attached hydrogens (tertiary/aromatic N) is 2. The molecule has 0 bridgehead atoms. The summed E-state index contributed by atoms with van der Waals surface area (Å²) in [5.41, 5.74) is 4.56. The van der Waals surface area contributed by atoms with Crippen molar-refractivity contribution in [2.45, 2.75) is 65.1 Å². The zero-order chi connectivity index (χ0) is 23.2. The summed E-state index contributed by atoms with van der Waals surface area (Å²) in [5.74, 6) is 0.203. The van der Waals surface area contributed by atoms with Gasteiger partial charge in [-0.15, -0.1) is 0 Å². The van der Waals surface area contributed by atoms with Crippen LogP contribution in [-0.2, 0) is 11.3 Å². The summed E-state index contributed by atoms with van der Waals surface area (Å²) in [6, 6.07) is 14.5. The summed E-state index contributed by atoms with van der Waals surface area (Å²) in [6.07, 6.45) is 2.93. The van der Waals surface area contributed by atoms with Gasteiger partial charge in [0, 0.05) is 21.7 Å². The summed E-state index contributed by atoms with van der Waals surface area (Å²) >= 11 is 4.43. The Bertz CT molecular complexity index is 1090. The van der Waals surface area contributed by atoms with Gasteiger partial charge in [-0.3, -0.25) is 14.5 Å². The monoisotopic (exact) mass is 512 g/mol. The molecule has 2 aromatic rings. The molecule has 1 saturated heterocycles. The molecule has 0 aromatic heterocycles. The highest BCUT2D eigenvalue weighted by Crippen LogP contribution is 2.45. The molecule has 2 aliphatic heterocycles. The van der Waals surface area contributed by atoms with E-state index in [2.05, 4.69) is 73.6 Å². The average Bonchev–Trinajstić information content (AvgIpc) is 2.96. The number of benzene rings is 2. The van der Waals surface area contributed by atoms with Crippen LogP contribution in [0.25, 0.3) is 6.08 Å². The summed E-state index contributed by atoms with van der Waals surface area (Å²) < 4.78 is 0.969. The molecule has 0 unspecified atom stereocenters. The minimum atomic E-state index is -0.223. The van der Waals surface area contributed by atoms with E-state index in [9.17, 15) is 9.59 Å². The predicted molar refractivity (Wildman–Crippen MR) is 137 cm³/mol. The molecule has 0 N–H and O–H groups in total. The largest absolute Gasteiger partial charge is 0.364 e. The van der Waals surface area contributed by atoms with E-state index < -0.39 is 0 Å². The van der Waals surface area contributed by atoms with E-state index in [1.165, 1.54) is 16.2 Å². The first kappa shape index (κ1) is 23.1. The van der Waals surface area contributed by atoms with Crippen molar-refractivity contribution in [3.05, 3.63) is 68.5 Å². The van der Waals surface area contributed by atoms with E-state index >= 15 is 0 Å². The maximum Gasteiger partial charge on any atom is 0.293 e. The lowest BCUT2D eigenvalue weighted by Gasteiger charge is -2.50. The number of imide groups is 1. The van der Waals surface area contributed by atoms with Crippen LogP contribution in [0.4, 0.5) is 10.5 Å². The Morgan fingerprint density at radius 3 is 2.50 bits per heavy atom. The zero-order valence-electron chi connectivity index (χ0n) is 19.2. The molecule has 0 saturated carbocycles. The summed E-state index contributed by atoms with van der Waals surface area (Å²) in [6.45, 7) is 11.6. The second kappa shape index (κ2) is 8.71. The van der Waals surface area contributed by atoms with Crippen molar-refractivity contribution in [3.8, 4) is 0 Å². The number of hydrogen-bond acceptors (Lipinski definition) is 4. The quantitative estimate of drug-likeness (QED) is 0.406. The molecule has 0 radical (unpaired) electrons. The van der Waals surface area contributed by atoms with Gasteiger partial charge in [-0.2, -0.15) is 0 Å². The van der Waals surface area contributed by atoms with Crippen LogP contribution < -0.4 is 4.90 Å². The first-order valence-corrected chi connectivity index (χ1v) is 12.6. The van der Waals surface area contributed by atoms with E-state index in [1.54, 1.807) is 0 Å². The van der Waals surface area contributed by atoms with E-state index in [1.807, 2.05) is 30.3 Å². The van der Waals surface area contributed by atoms with Crippen LogP contribution in [0, 0.1) is 0 Å². The zero-order valence-corrected chi connectivity index (χ0v) is 21.6. The Balaban J connectivity index is 1.61. The molecule has 2 amide bonds. The third-order valence-electron chi connectivity index (χ3n) is 6.24. The van der Waals surface area contributed by atoms with E-state index in [0.29, 0.717) is 16.9 Å². The molecule has 32 heavy (non-hydrogen) atoms. The number of carbonyl (C=O) groups excluding carboxylic acids is 2. The van der Waals surface area contributed by atoms with Gasteiger partial charge in [-0.1, -0.05) is 41.1 Å². The fourth-order valence-corrected chi connectivity index (χ4v) is 6.20. The maximum atomic E-state index is 13.0. The third kappa shape index (κ3) is 4.40. The molecular weight excluding hydrogens is 484 g/mol. The number of anilines is 1. The molecule has 1 fully saturated rings. The minimum Gasteiger partial charge on any atom is -0.364 e. The van der Waals surface area contributed by atoms with Crippen LogP contribution in [0.1, 0.15) is 63.6 Å². The topological polar surface area (TPSA) is 40.6 Å². The minimum absolute atomic E-state index is 0.0950. The maximum absolute atomic E-state index is 13.0. The molecular formula is C26H29BrN2O2S. The van der Waals surface area contributed by atoms with Gasteiger partial charge in [-0.25, -0.2) is 0 Å². The number of hydrogen-bond donors (Lipinski definition) is 0. The summed E-state index contributed by atoms with van der Waals surface area (Å²) in [4.78, 5) is 29.8. The molecule has 2 heterocycles. The Labute approximate surface area is 203 Å². The predicted octanol–water partition coefficient (Wildman–Crippen LogP) is 7.19. The molecule has 4 nitrogen and oxygen atoms in total. The highest BCUT2D eigenvalue weighted by Gasteiger charge is 2.38. The van der Waals surface area contributed by atoms with Gasteiger partial charge >= 0.3 is 0 Å². The van der Waals surface area contributed by atoms with Gasteiger partial charge in [0.2, 0.25) is 0 Å². The molecule has 6 heteroatoms. The standard InChI is InChI=1S/C26H29BrN2O2S/c1-16(2)29-22-11-8-19(12-21(22)17(3)14-26(29,4)5)13-23-24(30)28(25(31)32-23)15-18-6-9-20(27)10-7-18/h6-13,16-17H,14-15H2,1-5H3/b23-13-/t17-/m0/s1. The van der Waals surface area contributed by atoms with Crippen LogP contribution in [0.15, 0.2) is 51.8 Å². The first-order valence-electron chi connectivity index (χ1n) is 11.0. The third-order valence-corrected chi connectivity index (χ3v) is 7.68. The number of thioether (sulfide) groups is 1.